The van der Waals surface area contributed by atoms with Crippen LogP contribution < -0.4 is 10.6 Å². The molecule has 0 saturated carbocycles. The smallest absolute Gasteiger partial charge is 0.251 e. The number of carbonyl (C=O) groups excluding carboxylic acids is 2. The van der Waals surface area contributed by atoms with Crippen LogP contribution in [-0.4, -0.2) is 18.4 Å². The first kappa shape index (κ1) is 19.4. The van der Waals surface area contributed by atoms with Gasteiger partial charge in [-0.1, -0.05) is 29.8 Å². The van der Waals surface area contributed by atoms with Gasteiger partial charge >= 0.3 is 0 Å². The summed E-state index contributed by atoms with van der Waals surface area (Å²) in [6.07, 6.45) is 5.03. The van der Waals surface area contributed by atoms with Crippen LogP contribution in [0.1, 0.15) is 59.3 Å². The summed E-state index contributed by atoms with van der Waals surface area (Å²) in [4.78, 5) is 24.2. The monoisotopic (exact) mass is 384 g/mol. The van der Waals surface area contributed by atoms with Crippen molar-refractivity contribution in [1.82, 2.24) is 10.6 Å². The second-order valence-corrected chi connectivity index (χ2v) is 7.47. The Hall–Kier alpha value is -2.33. The van der Waals surface area contributed by atoms with Gasteiger partial charge in [-0.3, -0.25) is 9.59 Å². The Morgan fingerprint density at radius 1 is 1.04 bits per heavy atom. The maximum Gasteiger partial charge on any atom is 0.251 e. The Morgan fingerprint density at radius 3 is 2.48 bits per heavy atom. The molecule has 27 heavy (non-hydrogen) atoms. The van der Waals surface area contributed by atoms with Gasteiger partial charge in [-0.15, -0.1) is 0 Å². The standard InChI is InChI=1S/C22H25ClN2O2/c1-15(18-7-6-16-4-2-3-5-19(16)14-18)25-21(26)12-13-24-22(27)17-8-10-20(23)11-9-17/h6-11,14-15H,2-5,12-13H2,1H3,(H,24,27)(H,25,26)/t15-/m0/s1. The number of nitrogens with one attached hydrogen (secondary N) is 2. The highest BCUT2D eigenvalue weighted by Crippen LogP contribution is 2.24. The molecule has 4 nitrogen and oxygen atoms in total. The fourth-order valence-corrected chi connectivity index (χ4v) is 3.54. The zero-order valence-corrected chi connectivity index (χ0v) is 16.3. The zero-order chi connectivity index (χ0) is 19.2. The summed E-state index contributed by atoms with van der Waals surface area (Å²) in [7, 11) is 0. The van der Waals surface area contributed by atoms with Gasteiger partial charge in [-0.05, 0) is 73.6 Å². The average Bonchev–Trinajstić information content (AvgIpc) is 2.68. The van der Waals surface area contributed by atoms with E-state index in [1.807, 2.05) is 6.92 Å². The van der Waals surface area contributed by atoms with Gasteiger partial charge in [-0.25, -0.2) is 0 Å². The Bertz CT molecular complexity index is 818. The summed E-state index contributed by atoms with van der Waals surface area (Å²) in [5.74, 6) is -0.279. The number of aryl methyl sites for hydroxylation is 2. The van der Waals surface area contributed by atoms with E-state index >= 15 is 0 Å². The molecule has 0 aliphatic heterocycles. The molecule has 2 aromatic rings. The van der Waals surface area contributed by atoms with Gasteiger partial charge in [0.05, 0.1) is 6.04 Å². The number of halogens is 1. The molecule has 0 spiro atoms. The number of fused-ring (bicyclic) bond motifs is 1. The van der Waals surface area contributed by atoms with E-state index in [1.165, 1.54) is 24.0 Å². The molecule has 2 N–H and O–H groups in total. The molecular weight excluding hydrogens is 360 g/mol. The molecular formula is C22H25ClN2O2. The highest BCUT2D eigenvalue weighted by Gasteiger charge is 2.14. The second-order valence-electron chi connectivity index (χ2n) is 7.04. The zero-order valence-electron chi connectivity index (χ0n) is 15.6. The van der Waals surface area contributed by atoms with E-state index in [4.69, 9.17) is 11.6 Å². The molecule has 1 aliphatic carbocycles. The van der Waals surface area contributed by atoms with Crippen molar-refractivity contribution in [1.29, 1.82) is 0 Å². The summed E-state index contributed by atoms with van der Waals surface area (Å²) < 4.78 is 0. The maximum atomic E-state index is 12.2. The molecule has 0 unspecified atom stereocenters. The first-order chi connectivity index (χ1) is 13.0. The first-order valence-electron chi connectivity index (χ1n) is 9.48. The predicted octanol–water partition coefficient (Wildman–Crippen LogP) is 4.22. The normalized spacial score (nSPS) is 14.1. The van der Waals surface area contributed by atoms with Crippen LogP contribution in [0.25, 0.3) is 0 Å². The van der Waals surface area contributed by atoms with Crippen LogP contribution in [0.4, 0.5) is 0 Å². The highest BCUT2D eigenvalue weighted by atomic mass is 35.5. The third kappa shape index (κ3) is 5.33. The van der Waals surface area contributed by atoms with Crippen molar-refractivity contribution in [3.8, 4) is 0 Å². The fraction of sp³-hybridized carbons (Fsp3) is 0.364. The lowest BCUT2D eigenvalue weighted by Crippen LogP contribution is -2.32. The largest absolute Gasteiger partial charge is 0.352 e. The van der Waals surface area contributed by atoms with Crippen LogP contribution in [-0.2, 0) is 17.6 Å². The lowest BCUT2D eigenvalue weighted by molar-refractivity contribution is -0.121. The Balaban J connectivity index is 1.46. The number of hydrogen-bond donors (Lipinski definition) is 2. The van der Waals surface area contributed by atoms with Crippen LogP contribution in [0.5, 0.6) is 0 Å². The molecule has 142 valence electrons. The third-order valence-corrected chi connectivity index (χ3v) is 5.25. The van der Waals surface area contributed by atoms with Crippen LogP contribution in [0.3, 0.4) is 0 Å². The number of hydrogen-bond acceptors (Lipinski definition) is 2. The lowest BCUT2D eigenvalue weighted by atomic mass is 9.89. The van der Waals surface area contributed by atoms with Crippen LogP contribution in [0.15, 0.2) is 42.5 Å². The van der Waals surface area contributed by atoms with E-state index in [1.54, 1.807) is 24.3 Å². The van der Waals surface area contributed by atoms with Gasteiger partial charge in [0.1, 0.15) is 0 Å². The van der Waals surface area contributed by atoms with Gasteiger partial charge in [0.25, 0.3) is 5.91 Å². The van der Waals surface area contributed by atoms with Crippen molar-refractivity contribution in [2.45, 2.75) is 45.1 Å². The number of benzene rings is 2. The molecule has 1 aliphatic rings. The topological polar surface area (TPSA) is 58.2 Å². The van der Waals surface area contributed by atoms with E-state index in [0.717, 1.165) is 18.4 Å². The van der Waals surface area contributed by atoms with Crippen molar-refractivity contribution in [2.75, 3.05) is 6.54 Å². The minimum Gasteiger partial charge on any atom is -0.352 e. The molecule has 0 bridgehead atoms. The summed E-state index contributed by atoms with van der Waals surface area (Å²) in [5, 5.41) is 6.36. The number of rotatable bonds is 6. The van der Waals surface area contributed by atoms with E-state index in [-0.39, 0.29) is 24.3 Å². The molecule has 1 atom stereocenters. The minimum atomic E-state index is -0.206. The molecule has 0 heterocycles. The van der Waals surface area contributed by atoms with Crippen LogP contribution in [0, 0.1) is 0 Å². The Labute approximate surface area is 165 Å². The molecule has 2 amide bonds. The SMILES string of the molecule is C[C@H](NC(=O)CCNC(=O)c1ccc(Cl)cc1)c1ccc2c(c1)CCCC2. The predicted molar refractivity (Wildman–Crippen MR) is 108 cm³/mol. The molecule has 0 radical (unpaired) electrons. The highest BCUT2D eigenvalue weighted by molar-refractivity contribution is 6.30. The van der Waals surface area contributed by atoms with Crippen molar-refractivity contribution in [2.24, 2.45) is 0 Å². The first-order valence-corrected chi connectivity index (χ1v) is 9.85. The Kier molecular flexibility index (Phi) is 6.51. The van der Waals surface area contributed by atoms with Gasteiger partial charge in [-0.2, -0.15) is 0 Å². The average molecular weight is 385 g/mol. The summed E-state index contributed by atoms with van der Waals surface area (Å²) in [5.41, 5.74) is 4.51. The van der Waals surface area contributed by atoms with Crippen LogP contribution in [0.2, 0.25) is 5.02 Å². The maximum absolute atomic E-state index is 12.2. The minimum absolute atomic E-state index is 0.0447. The molecule has 0 aromatic heterocycles. The van der Waals surface area contributed by atoms with Crippen molar-refractivity contribution in [3.05, 3.63) is 69.7 Å². The number of amides is 2. The third-order valence-electron chi connectivity index (χ3n) is 4.99. The lowest BCUT2D eigenvalue weighted by Gasteiger charge is -2.20. The van der Waals surface area contributed by atoms with E-state index in [0.29, 0.717) is 17.1 Å². The summed E-state index contributed by atoms with van der Waals surface area (Å²) in [6.45, 7) is 2.29. The van der Waals surface area contributed by atoms with Gasteiger partial charge in [0.15, 0.2) is 0 Å². The van der Waals surface area contributed by atoms with Gasteiger partial charge < -0.3 is 10.6 Å². The molecule has 0 saturated heterocycles. The summed E-state index contributed by atoms with van der Waals surface area (Å²) >= 11 is 5.82. The quantitative estimate of drug-likeness (QED) is 0.783. The van der Waals surface area contributed by atoms with Gasteiger partial charge in [0, 0.05) is 23.6 Å². The molecule has 0 fully saturated rings. The second kappa shape index (κ2) is 9.05. The Morgan fingerprint density at radius 2 is 1.74 bits per heavy atom. The van der Waals surface area contributed by atoms with Crippen LogP contribution >= 0.6 is 11.6 Å². The summed E-state index contributed by atoms with van der Waals surface area (Å²) in [6, 6.07) is 13.1. The van der Waals surface area contributed by atoms with E-state index in [2.05, 4.69) is 28.8 Å². The fourth-order valence-electron chi connectivity index (χ4n) is 3.41. The number of carbonyl (C=O) groups is 2. The van der Waals surface area contributed by atoms with Crippen molar-refractivity contribution >= 4 is 23.4 Å². The molecule has 2 aromatic carbocycles. The van der Waals surface area contributed by atoms with E-state index in [9.17, 15) is 9.59 Å². The van der Waals surface area contributed by atoms with E-state index < -0.39 is 0 Å². The molecule has 5 heteroatoms. The van der Waals surface area contributed by atoms with Crippen molar-refractivity contribution in [3.63, 3.8) is 0 Å². The van der Waals surface area contributed by atoms with Crippen molar-refractivity contribution < 1.29 is 9.59 Å². The van der Waals surface area contributed by atoms with Gasteiger partial charge in [0.2, 0.25) is 5.91 Å². The molecule has 3 rings (SSSR count).